The summed E-state index contributed by atoms with van der Waals surface area (Å²) < 4.78 is 0. The zero-order chi connectivity index (χ0) is 30.3. The van der Waals surface area contributed by atoms with E-state index in [1.165, 1.54) is 0 Å². The number of anilines is 3. The van der Waals surface area contributed by atoms with Gasteiger partial charge in [0.25, 0.3) is 11.8 Å². The average Bonchev–Trinajstić information content (AvgIpc) is 3.04. The monoisotopic (exact) mass is 575 g/mol. The lowest BCUT2D eigenvalue weighted by Gasteiger charge is -2.38. The van der Waals surface area contributed by atoms with Gasteiger partial charge in [-0.25, -0.2) is 0 Å². The van der Waals surface area contributed by atoms with Gasteiger partial charge >= 0.3 is 0 Å². The Morgan fingerprint density at radius 2 is 1.35 bits per heavy atom. The Morgan fingerprint density at radius 1 is 0.721 bits per heavy atom. The van der Waals surface area contributed by atoms with Crippen molar-refractivity contribution in [2.24, 2.45) is 0 Å². The van der Waals surface area contributed by atoms with Crippen LogP contribution in [0.25, 0.3) is 11.1 Å². The molecule has 0 radical (unpaired) electrons. The first kappa shape index (κ1) is 29.5. The molecule has 0 saturated carbocycles. The maximum Gasteiger partial charge on any atom is 0.258 e. The minimum Gasteiger partial charge on any atom is -0.366 e. The van der Waals surface area contributed by atoms with E-state index in [1.54, 1.807) is 36.2 Å². The fourth-order valence-electron chi connectivity index (χ4n) is 5.33. The minimum absolute atomic E-state index is 0.130. The highest BCUT2D eigenvalue weighted by molar-refractivity contribution is 6.10. The molecule has 0 unspecified atom stereocenters. The molecule has 0 bridgehead atoms. The zero-order valence-electron chi connectivity index (χ0n) is 24.9. The van der Waals surface area contributed by atoms with Crippen molar-refractivity contribution in [2.45, 2.75) is 0 Å². The van der Waals surface area contributed by atoms with Crippen molar-refractivity contribution in [3.8, 4) is 11.1 Å². The molecule has 1 saturated heterocycles. The molecule has 0 spiro atoms. The van der Waals surface area contributed by atoms with Crippen LogP contribution in [0, 0.1) is 0 Å². The molecule has 5 rings (SSSR count). The van der Waals surface area contributed by atoms with Gasteiger partial charge < -0.3 is 24.9 Å². The molecule has 1 fully saturated rings. The van der Waals surface area contributed by atoms with Gasteiger partial charge in [-0.15, -0.1) is 0 Å². The summed E-state index contributed by atoms with van der Waals surface area (Å²) in [5.41, 5.74) is 5.28. The number of carbonyl (C=O) groups excluding carboxylic acids is 3. The van der Waals surface area contributed by atoms with Crippen LogP contribution in [0.3, 0.4) is 0 Å². The zero-order valence-corrected chi connectivity index (χ0v) is 24.9. The predicted molar refractivity (Wildman–Crippen MR) is 173 cm³/mol. The van der Waals surface area contributed by atoms with Gasteiger partial charge in [0.05, 0.1) is 17.9 Å². The number of carbonyl (C=O) groups is 3. The van der Waals surface area contributed by atoms with E-state index in [9.17, 15) is 14.4 Å². The third kappa shape index (κ3) is 6.93. The van der Waals surface area contributed by atoms with Crippen LogP contribution in [-0.4, -0.2) is 81.4 Å². The molecule has 0 aliphatic carbocycles. The highest BCUT2D eigenvalue weighted by Gasteiger charge is 2.25. The Morgan fingerprint density at radius 3 is 2.05 bits per heavy atom. The number of nitrogens with zero attached hydrogens (tertiary/aromatic N) is 4. The standard InChI is InChI=1S/C35H37N5O3/c1-37(2)25-33(41)40-23-21-39(22-24-40)32-16-10-9-15-31(32)38(3)35(43)27-17-19-28(20-18-27)36-34(42)30-14-8-7-13-29(30)26-11-5-4-6-12-26/h4-20H,21-25H2,1-3H3,(H,36,42). The number of likely N-dealkylation sites (N-methyl/N-ethyl adjacent to an activating group) is 1. The van der Waals surface area contributed by atoms with Crippen molar-refractivity contribution < 1.29 is 14.4 Å². The number of hydrogen-bond acceptors (Lipinski definition) is 5. The summed E-state index contributed by atoms with van der Waals surface area (Å²) in [4.78, 5) is 46.9. The number of piperazine rings is 1. The third-order valence-corrected chi connectivity index (χ3v) is 7.62. The number of benzene rings is 4. The molecule has 1 aliphatic rings. The summed E-state index contributed by atoms with van der Waals surface area (Å²) in [6.07, 6.45) is 0. The van der Waals surface area contributed by atoms with Crippen molar-refractivity contribution in [3.63, 3.8) is 0 Å². The third-order valence-electron chi connectivity index (χ3n) is 7.62. The fourth-order valence-corrected chi connectivity index (χ4v) is 5.33. The van der Waals surface area contributed by atoms with E-state index >= 15 is 0 Å². The van der Waals surface area contributed by atoms with Crippen LogP contribution in [0.15, 0.2) is 103 Å². The summed E-state index contributed by atoms with van der Waals surface area (Å²) >= 11 is 0. The lowest BCUT2D eigenvalue weighted by Crippen LogP contribution is -2.51. The van der Waals surface area contributed by atoms with Crippen molar-refractivity contribution in [1.29, 1.82) is 0 Å². The Labute approximate surface area is 253 Å². The van der Waals surface area contributed by atoms with Gasteiger partial charge in [-0.3, -0.25) is 14.4 Å². The number of hydrogen-bond donors (Lipinski definition) is 1. The van der Waals surface area contributed by atoms with Crippen LogP contribution >= 0.6 is 0 Å². The molecule has 43 heavy (non-hydrogen) atoms. The van der Waals surface area contributed by atoms with E-state index in [2.05, 4.69) is 10.2 Å². The molecular formula is C35H37N5O3. The van der Waals surface area contributed by atoms with Gasteiger partial charge in [0.15, 0.2) is 0 Å². The molecule has 1 aliphatic heterocycles. The van der Waals surface area contributed by atoms with E-state index < -0.39 is 0 Å². The van der Waals surface area contributed by atoms with Gasteiger partial charge in [0, 0.05) is 50.0 Å². The van der Waals surface area contributed by atoms with Crippen molar-refractivity contribution >= 4 is 34.8 Å². The highest BCUT2D eigenvalue weighted by atomic mass is 16.2. The second-order valence-corrected chi connectivity index (χ2v) is 10.9. The first-order chi connectivity index (χ1) is 20.8. The van der Waals surface area contributed by atoms with Gasteiger partial charge in [0.2, 0.25) is 5.91 Å². The van der Waals surface area contributed by atoms with Gasteiger partial charge in [0.1, 0.15) is 0 Å². The molecule has 1 N–H and O–H groups in total. The Hall–Kier alpha value is -4.95. The Bertz CT molecular complexity index is 1580. The molecule has 220 valence electrons. The van der Waals surface area contributed by atoms with E-state index in [0.29, 0.717) is 49.5 Å². The molecule has 8 heteroatoms. The predicted octanol–water partition coefficient (Wildman–Crippen LogP) is 5.09. The van der Waals surface area contributed by atoms with E-state index in [-0.39, 0.29) is 17.7 Å². The summed E-state index contributed by atoms with van der Waals surface area (Å²) in [6, 6.07) is 32.1. The second kappa shape index (κ2) is 13.4. The lowest BCUT2D eigenvalue weighted by atomic mass is 9.99. The molecule has 4 aromatic rings. The van der Waals surface area contributed by atoms with Gasteiger partial charge in [-0.1, -0.05) is 60.7 Å². The summed E-state index contributed by atoms with van der Waals surface area (Å²) in [7, 11) is 5.56. The largest absolute Gasteiger partial charge is 0.366 e. The van der Waals surface area contributed by atoms with Crippen LogP contribution in [0.5, 0.6) is 0 Å². The normalized spacial score (nSPS) is 13.1. The maximum atomic E-state index is 13.5. The van der Waals surface area contributed by atoms with E-state index in [4.69, 9.17) is 0 Å². The molecular weight excluding hydrogens is 538 g/mol. The van der Waals surface area contributed by atoms with Crippen molar-refractivity contribution in [1.82, 2.24) is 9.80 Å². The van der Waals surface area contributed by atoms with Crippen molar-refractivity contribution in [2.75, 3.05) is 69.0 Å². The highest BCUT2D eigenvalue weighted by Crippen LogP contribution is 2.31. The Kier molecular flexibility index (Phi) is 9.17. The number of nitrogens with one attached hydrogen (secondary N) is 1. The molecule has 4 aromatic carbocycles. The topological polar surface area (TPSA) is 76.2 Å². The molecule has 8 nitrogen and oxygen atoms in total. The quantitative estimate of drug-likeness (QED) is 0.317. The summed E-state index contributed by atoms with van der Waals surface area (Å²) in [6.45, 7) is 3.07. The SMILES string of the molecule is CN(C)CC(=O)N1CCN(c2ccccc2N(C)C(=O)c2ccc(NC(=O)c3ccccc3-c3ccccc3)cc2)CC1. The Balaban J connectivity index is 1.25. The van der Waals surface area contributed by atoms with Crippen LogP contribution < -0.4 is 15.1 Å². The molecule has 0 aromatic heterocycles. The van der Waals surface area contributed by atoms with Crippen LogP contribution in [0.2, 0.25) is 0 Å². The number of para-hydroxylation sites is 2. The summed E-state index contributed by atoms with van der Waals surface area (Å²) in [5.74, 6) is -0.238. The van der Waals surface area contributed by atoms with Crippen LogP contribution in [0.1, 0.15) is 20.7 Å². The fraction of sp³-hybridized carbons (Fsp3) is 0.229. The van der Waals surface area contributed by atoms with Gasteiger partial charge in [-0.2, -0.15) is 0 Å². The molecule has 1 heterocycles. The lowest BCUT2D eigenvalue weighted by molar-refractivity contribution is -0.132. The average molecular weight is 576 g/mol. The van der Waals surface area contributed by atoms with Crippen molar-refractivity contribution in [3.05, 3.63) is 114 Å². The number of rotatable bonds is 8. The molecule has 3 amide bonds. The second-order valence-electron chi connectivity index (χ2n) is 10.9. The van der Waals surface area contributed by atoms with E-state index in [0.717, 1.165) is 22.5 Å². The number of amides is 3. The minimum atomic E-state index is -0.215. The summed E-state index contributed by atoms with van der Waals surface area (Å²) in [5, 5.41) is 2.97. The van der Waals surface area contributed by atoms with Crippen LogP contribution in [0.4, 0.5) is 17.1 Å². The maximum absolute atomic E-state index is 13.5. The first-order valence-corrected chi connectivity index (χ1v) is 14.4. The van der Waals surface area contributed by atoms with E-state index in [1.807, 2.05) is 103 Å². The molecule has 0 atom stereocenters. The first-order valence-electron chi connectivity index (χ1n) is 14.4. The smallest absolute Gasteiger partial charge is 0.258 e. The van der Waals surface area contributed by atoms with Gasteiger partial charge in [-0.05, 0) is 67.7 Å². The van der Waals surface area contributed by atoms with Crippen LogP contribution in [-0.2, 0) is 4.79 Å².